The molecule has 2 aliphatic heterocycles. The highest BCUT2D eigenvalue weighted by atomic mass is 32.3. The van der Waals surface area contributed by atoms with E-state index in [1.807, 2.05) is 19.2 Å². The highest BCUT2D eigenvalue weighted by Gasteiger charge is 2.30. The zero-order valence-corrected chi connectivity index (χ0v) is 14.4. The van der Waals surface area contributed by atoms with Gasteiger partial charge in [0.25, 0.3) is 0 Å². The quantitative estimate of drug-likeness (QED) is 0.728. The minimum atomic E-state index is -0.912. The third-order valence-electron chi connectivity index (χ3n) is 4.29. The first-order valence-corrected chi connectivity index (χ1v) is 10.2. The topological polar surface area (TPSA) is 15.3 Å². The fourth-order valence-corrected chi connectivity index (χ4v) is 4.52. The summed E-state index contributed by atoms with van der Waals surface area (Å²) in [5.74, 6) is 1.07. The van der Waals surface area contributed by atoms with E-state index in [1.54, 1.807) is 0 Å². The summed E-state index contributed by atoms with van der Waals surface area (Å²) in [7, 11) is 1.14. The smallest absolute Gasteiger partial charge is 0.0562 e. The molecule has 21 heavy (non-hydrogen) atoms. The maximum Gasteiger partial charge on any atom is 0.0562 e. The number of nitrogens with one attached hydrogen (secondary N) is 1. The Bertz CT molecular complexity index is 523. The molecule has 2 aliphatic rings. The molecule has 0 unspecified atom stereocenters. The molecule has 116 valence electrons. The molecular formula is C18H28N2S. The van der Waals surface area contributed by atoms with Crippen LogP contribution >= 0.6 is 10.0 Å². The molecule has 0 atom stereocenters. The number of hydrogen-bond acceptors (Lipinski definition) is 2. The van der Waals surface area contributed by atoms with Gasteiger partial charge < -0.3 is 10.2 Å². The van der Waals surface area contributed by atoms with E-state index in [0.29, 0.717) is 0 Å². The van der Waals surface area contributed by atoms with Gasteiger partial charge in [0.05, 0.1) is 5.88 Å². The van der Waals surface area contributed by atoms with Gasteiger partial charge in [0, 0.05) is 24.1 Å². The van der Waals surface area contributed by atoms with Crippen molar-refractivity contribution in [1.29, 1.82) is 0 Å². The largest absolute Gasteiger partial charge is 0.390 e. The molecule has 1 N–H and O–H groups in total. The Morgan fingerprint density at radius 3 is 2.81 bits per heavy atom. The van der Waals surface area contributed by atoms with Gasteiger partial charge in [-0.05, 0) is 43.1 Å². The third kappa shape index (κ3) is 3.46. The number of fused-ring (bicyclic) bond motifs is 2. The second-order valence-corrected chi connectivity index (χ2v) is 9.92. The maximum absolute atomic E-state index is 4.29. The Hall–Kier alpha value is -1.35. The first-order chi connectivity index (χ1) is 9.99. The zero-order chi connectivity index (χ0) is 15.5. The number of rotatable bonds is 6. The Balaban J connectivity index is 2.23. The fourth-order valence-electron chi connectivity index (χ4n) is 2.94. The first-order valence-electron chi connectivity index (χ1n) is 7.55. The summed E-state index contributed by atoms with van der Waals surface area (Å²) < 4.78 is 0. The van der Waals surface area contributed by atoms with E-state index in [2.05, 4.69) is 48.0 Å². The average molecular weight is 305 g/mol. The number of hydrogen-bond donors (Lipinski definition) is 1. The normalized spacial score (nSPS) is 19.6. The Morgan fingerprint density at radius 1 is 1.38 bits per heavy atom. The summed E-state index contributed by atoms with van der Waals surface area (Å²) in [5.41, 5.74) is 4.43. The SMILES string of the molecule is C=C/C=C\C(=C)S(C)(C)CN1C2=CCCC(NC)=C1CC2. The molecule has 0 amide bonds. The van der Waals surface area contributed by atoms with E-state index in [1.165, 1.54) is 34.8 Å². The van der Waals surface area contributed by atoms with Crippen molar-refractivity contribution in [2.45, 2.75) is 25.7 Å². The molecule has 0 saturated carbocycles. The summed E-state index contributed by atoms with van der Waals surface area (Å²) in [6, 6.07) is 0. The van der Waals surface area contributed by atoms with Gasteiger partial charge in [-0.1, -0.05) is 37.5 Å². The molecule has 0 aromatic heterocycles. The summed E-state index contributed by atoms with van der Waals surface area (Å²) in [6.45, 7) is 8.03. The van der Waals surface area contributed by atoms with Gasteiger partial charge in [0.2, 0.25) is 0 Å². The first kappa shape index (κ1) is 16.0. The van der Waals surface area contributed by atoms with E-state index in [9.17, 15) is 0 Å². The van der Waals surface area contributed by atoms with Gasteiger partial charge in [-0.3, -0.25) is 0 Å². The minimum absolute atomic E-state index is 0.912. The molecular weight excluding hydrogens is 276 g/mol. The summed E-state index contributed by atoms with van der Waals surface area (Å²) in [5, 5.41) is 3.42. The van der Waals surface area contributed by atoms with Crippen LogP contribution in [0.25, 0.3) is 0 Å². The lowest BCUT2D eigenvalue weighted by atomic mass is 10.1. The summed E-state index contributed by atoms with van der Waals surface area (Å²) in [4.78, 5) is 3.79. The fraction of sp³-hybridized carbons (Fsp3) is 0.444. The van der Waals surface area contributed by atoms with E-state index in [0.717, 1.165) is 18.7 Å². The van der Waals surface area contributed by atoms with Crippen molar-refractivity contribution in [3.63, 3.8) is 0 Å². The predicted molar refractivity (Wildman–Crippen MR) is 97.3 cm³/mol. The van der Waals surface area contributed by atoms with E-state index in [-0.39, 0.29) is 0 Å². The van der Waals surface area contributed by atoms with Crippen LogP contribution in [-0.4, -0.2) is 30.3 Å². The van der Waals surface area contributed by atoms with Crippen molar-refractivity contribution in [3.8, 4) is 0 Å². The van der Waals surface area contributed by atoms with E-state index >= 15 is 0 Å². The van der Waals surface area contributed by atoms with Crippen molar-refractivity contribution in [2.24, 2.45) is 0 Å². The Morgan fingerprint density at radius 2 is 2.14 bits per heavy atom. The molecule has 1 saturated heterocycles. The summed E-state index contributed by atoms with van der Waals surface area (Å²) in [6.07, 6.45) is 17.7. The van der Waals surface area contributed by atoms with Crippen molar-refractivity contribution < 1.29 is 0 Å². The molecule has 1 fully saturated rings. The average Bonchev–Trinajstić information content (AvgIpc) is 2.72. The second kappa shape index (κ2) is 6.61. The molecule has 0 aromatic rings. The van der Waals surface area contributed by atoms with Crippen molar-refractivity contribution in [2.75, 3.05) is 25.4 Å². The number of nitrogens with zero attached hydrogens (tertiary/aromatic N) is 1. The van der Waals surface area contributed by atoms with E-state index in [4.69, 9.17) is 0 Å². The van der Waals surface area contributed by atoms with Crippen LogP contribution in [0, 0.1) is 0 Å². The lowest BCUT2D eigenvalue weighted by Crippen LogP contribution is -2.24. The maximum atomic E-state index is 4.29. The number of allylic oxidation sites excluding steroid dienone is 7. The van der Waals surface area contributed by atoms with Crippen molar-refractivity contribution in [3.05, 3.63) is 59.5 Å². The van der Waals surface area contributed by atoms with Crippen LogP contribution in [0.2, 0.25) is 0 Å². The molecule has 0 aromatic carbocycles. The molecule has 2 heterocycles. The Labute approximate surface area is 131 Å². The molecule has 2 nitrogen and oxygen atoms in total. The lowest BCUT2D eigenvalue weighted by molar-refractivity contribution is 0.525. The highest BCUT2D eigenvalue weighted by Crippen LogP contribution is 2.52. The van der Waals surface area contributed by atoms with Crippen LogP contribution in [0.3, 0.4) is 0 Å². The van der Waals surface area contributed by atoms with Gasteiger partial charge >= 0.3 is 0 Å². The molecule has 0 aliphatic carbocycles. The lowest BCUT2D eigenvalue weighted by Gasteiger charge is -2.38. The minimum Gasteiger partial charge on any atom is -0.390 e. The molecule has 0 radical (unpaired) electrons. The third-order valence-corrected chi connectivity index (χ3v) is 6.75. The molecule has 3 heteroatoms. The van der Waals surface area contributed by atoms with Crippen molar-refractivity contribution >= 4 is 10.0 Å². The van der Waals surface area contributed by atoms with Crippen LogP contribution in [-0.2, 0) is 0 Å². The van der Waals surface area contributed by atoms with Crippen LogP contribution in [0.5, 0.6) is 0 Å². The van der Waals surface area contributed by atoms with Gasteiger partial charge in [-0.15, -0.1) is 0 Å². The Kier molecular flexibility index (Phi) is 5.04. The van der Waals surface area contributed by atoms with E-state index < -0.39 is 10.0 Å². The second-order valence-electron chi connectivity index (χ2n) is 6.07. The van der Waals surface area contributed by atoms with Gasteiger partial charge in [0.15, 0.2) is 0 Å². The standard InChI is InChI=1S/C18H28N2S/c1-6-7-9-15(2)21(4,5)14-20-16-10-8-11-17(19-3)18(20)13-12-16/h6-7,9-10,19H,1-2,8,11-14H2,3-5H3/b9-7-. The van der Waals surface area contributed by atoms with Crippen LogP contribution < -0.4 is 5.32 Å². The van der Waals surface area contributed by atoms with Gasteiger partial charge in [0.1, 0.15) is 0 Å². The molecule has 2 rings (SSSR count). The molecule has 0 spiro atoms. The van der Waals surface area contributed by atoms with Crippen LogP contribution in [0.1, 0.15) is 25.7 Å². The van der Waals surface area contributed by atoms with Gasteiger partial charge in [-0.2, -0.15) is 0 Å². The predicted octanol–water partition coefficient (Wildman–Crippen LogP) is 4.47. The van der Waals surface area contributed by atoms with Crippen LogP contribution in [0.15, 0.2) is 59.5 Å². The zero-order valence-electron chi connectivity index (χ0n) is 13.6. The van der Waals surface area contributed by atoms with Gasteiger partial charge in [-0.25, -0.2) is 10.0 Å². The summed E-state index contributed by atoms with van der Waals surface area (Å²) >= 11 is 0. The van der Waals surface area contributed by atoms with Crippen molar-refractivity contribution in [1.82, 2.24) is 10.2 Å². The van der Waals surface area contributed by atoms with Crippen LogP contribution in [0.4, 0.5) is 0 Å². The highest BCUT2D eigenvalue weighted by molar-refractivity contribution is 8.35. The monoisotopic (exact) mass is 304 g/mol. The molecule has 2 bridgehead atoms.